The van der Waals surface area contributed by atoms with Crippen molar-refractivity contribution < 1.29 is 24.5 Å². The number of hydrogen-bond acceptors (Lipinski definition) is 5. The van der Waals surface area contributed by atoms with Crippen molar-refractivity contribution in [3.63, 3.8) is 0 Å². The van der Waals surface area contributed by atoms with Gasteiger partial charge in [-0.15, -0.1) is 0 Å². The van der Waals surface area contributed by atoms with E-state index in [9.17, 15) is 19.8 Å². The van der Waals surface area contributed by atoms with Gasteiger partial charge in [0.15, 0.2) is 0 Å². The summed E-state index contributed by atoms with van der Waals surface area (Å²) in [7, 11) is 0. The summed E-state index contributed by atoms with van der Waals surface area (Å²) in [4.78, 5) is 24.6. The minimum Gasteiger partial charge on any atom is -0.466 e. The van der Waals surface area contributed by atoms with Crippen molar-refractivity contribution in [3.8, 4) is 0 Å². The lowest BCUT2D eigenvalue weighted by atomic mass is 10.0. The molecular formula is C67H129NO5. The second kappa shape index (κ2) is 62.9. The van der Waals surface area contributed by atoms with Crippen LogP contribution in [0.5, 0.6) is 0 Å². The summed E-state index contributed by atoms with van der Waals surface area (Å²) in [5, 5.41) is 23.3. The van der Waals surface area contributed by atoms with Gasteiger partial charge in [0.1, 0.15) is 0 Å². The van der Waals surface area contributed by atoms with Crippen molar-refractivity contribution in [2.45, 2.75) is 379 Å². The second-order valence-corrected chi connectivity index (χ2v) is 22.8. The molecule has 0 aliphatic rings. The molecule has 0 saturated carbocycles. The van der Waals surface area contributed by atoms with Crippen LogP contribution in [0.1, 0.15) is 367 Å². The lowest BCUT2D eigenvalue weighted by Crippen LogP contribution is -2.45. The Morgan fingerprint density at radius 1 is 0.370 bits per heavy atom. The molecule has 0 bridgehead atoms. The van der Waals surface area contributed by atoms with E-state index in [4.69, 9.17) is 4.74 Å². The van der Waals surface area contributed by atoms with E-state index in [0.29, 0.717) is 19.4 Å². The maximum atomic E-state index is 12.5. The van der Waals surface area contributed by atoms with Crippen LogP contribution in [0.3, 0.4) is 0 Å². The Hall–Kier alpha value is -1.66. The zero-order valence-corrected chi connectivity index (χ0v) is 49.4. The van der Waals surface area contributed by atoms with E-state index in [0.717, 1.165) is 44.9 Å². The van der Waals surface area contributed by atoms with Crippen molar-refractivity contribution in [1.29, 1.82) is 0 Å². The van der Waals surface area contributed by atoms with Crippen LogP contribution in [0, 0.1) is 0 Å². The Labute approximate surface area is 456 Å². The lowest BCUT2D eigenvalue weighted by molar-refractivity contribution is -0.143. The quantitative estimate of drug-likeness (QED) is 0.0320. The topological polar surface area (TPSA) is 95.9 Å². The monoisotopic (exact) mass is 1030 g/mol. The van der Waals surface area contributed by atoms with Gasteiger partial charge in [0, 0.05) is 12.8 Å². The fraction of sp³-hybridized carbons (Fsp3) is 0.910. The molecule has 0 heterocycles. The Morgan fingerprint density at radius 3 is 0.973 bits per heavy atom. The highest BCUT2D eigenvalue weighted by Gasteiger charge is 2.18. The van der Waals surface area contributed by atoms with Crippen LogP contribution in [0.25, 0.3) is 0 Å². The lowest BCUT2D eigenvalue weighted by Gasteiger charge is -2.20. The Bertz CT molecular complexity index is 1140. The summed E-state index contributed by atoms with van der Waals surface area (Å²) in [6, 6.07) is -0.635. The average Bonchev–Trinajstić information content (AvgIpc) is 3.39. The molecule has 0 aliphatic carbocycles. The zero-order chi connectivity index (χ0) is 52.9. The van der Waals surface area contributed by atoms with Crippen LogP contribution < -0.4 is 5.32 Å². The predicted octanol–water partition coefficient (Wildman–Crippen LogP) is 21.0. The van der Waals surface area contributed by atoms with Gasteiger partial charge in [-0.3, -0.25) is 9.59 Å². The molecule has 0 fully saturated rings. The van der Waals surface area contributed by atoms with E-state index in [1.165, 1.54) is 295 Å². The van der Waals surface area contributed by atoms with Crippen LogP contribution in [-0.4, -0.2) is 47.4 Å². The minimum absolute atomic E-state index is 0.00482. The third-order valence-corrected chi connectivity index (χ3v) is 15.5. The number of unbranched alkanes of at least 4 members (excludes halogenated alkanes) is 49. The molecular weight excluding hydrogens is 899 g/mol. The molecule has 6 heteroatoms. The highest BCUT2D eigenvalue weighted by Crippen LogP contribution is 2.18. The van der Waals surface area contributed by atoms with Gasteiger partial charge in [-0.25, -0.2) is 0 Å². The van der Waals surface area contributed by atoms with Gasteiger partial charge in [-0.2, -0.15) is 0 Å². The number of rotatable bonds is 62. The van der Waals surface area contributed by atoms with E-state index in [1.807, 2.05) is 6.08 Å². The maximum absolute atomic E-state index is 12.5. The van der Waals surface area contributed by atoms with Crippen LogP contribution >= 0.6 is 0 Å². The fourth-order valence-corrected chi connectivity index (χ4v) is 10.4. The second-order valence-electron chi connectivity index (χ2n) is 22.8. The summed E-state index contributed by atoms with van der Waals surface area (Å²) >= 11 is 0. The molecule has 3 N–H and O–H groups in total. The molecule has 0 aromatic rings. The molecule has 2 atom stereocenters. The predicted molar refractivity (Wildman–Crippen MR) is 320 cm³/mol. The van der Waals surface area contributed by atoms with Gasteiger partial charge < -0.3 is 20.3 Å². The number of aliphatic hydroxyl groups excluding tert-OH is 2. The number of carbonyl (C=O) groups is 2. The van der Waals surface area contributed by atoms with E-state index >= 15 is 0 Å². The number of aliphatic hydroxyl groups is 2. The fourth-order valence-electron chi connectivity index (χ4n) is 10.4. The molecule has 0 spiro atoms. The first kappa shape index (κ1) is 71.3. The van der Waals surface area contributed by atoms with Crippen molar-refractivity contribution in [3.05, 3.63) is 24.3 Å². The number of amides is 1. The van der Waals surface area contributed by atoms with Gasteiger partial charge in [0.2, 0.25) is 5.91 Å². The van der Waals surface area contributed by atoms with Crippen molar-refractivity contribution in [2.24, 2.45) is 0 Å². The van der Waals surface area contributed by atoms with Gasteiger partial charge >= 0.3 is 5.97 Å². The number of ether oxygens (including phenoxy) is 1. The molecule has 2 unspecified atom stereocenters. The number of allylic oxidation sites excluding steroid dienone is 3. The Balaban J connectivity index is 3.45. The Kier molecular flexibility index (Phi) is 61.4. The standard InChI is InChI=1S/C67H129NO5/c1-3-5-7-9-11-13-15-17-19-20-21-22-23-24-25-26-27-28-32-35-39-43-47-51-55-59-65(70)64(63-69)68-66(71)60-56-52-48-44-40-36-33-29-30-34-38-42-46-50-54-58-62-73-67(72)61-57-53-49-45-41-37-31-18-16-14-12-10-8-6-4-2/h18,31,55,59,64-65,69-70H,3-17,19-30,32-54,56-58,60-63H2,1-2H3,(H,68,71)/b31-18-,59-55+. The first-order valence-corrected chi connectivity index (χ1v) is 33.1. The third-order valence-electron chi connectivity index (χ3n) is 15.5. The van der Waals surface area contributed by atoms with E-state index < -0.39 is 12.1 Å². The van der Waals surface area contributed by atoms with E-state index in [2.05, 4.69) is 31.3 Å². The third kappa shape index (κ3) is 59.4. The van der Waals surface area contributed by atoms with Crippen LogP contribution in [0.4, 0.5) is 0 Å². The summed E-state index contributed by atoms with van der Waals surface area (Å²) in [5.74, 6) is -0.0757. The summed E-state index contributed by atoms with van der Waals surface area (Å²) in [6.45, 7) is 4.91. The molecule has 0 radical (unpaired) electrons. The first-order valence-electron chi connectivity index (χ1n) is 33.1. The van der Waals surface area contributed by atoms with Crippen LogP contribution in [-0.2, 0) is 14.3 Å². The summed E-state index contributed by atoms with van der Waals surface area (Å²) in [6.07, 6.45) is 78.0. The van der Waals surface area contributed by atoms with E-state index in [1.54, 1.807) is 6.08 Å². The van der Waals surface area contributed by atoms with Gasteiger partial charge in [-0.1, -0.05) is 321 Å². The number of carbonyl (C=O) groups excluding carboxylic acids is 2. The van der Waals surface area contributed by atoms with Crippen molar-refractivity contribution >= 4 is 11.9 Å². The number of esters is 1. The number of nitrogens with one attached hydrogen (secondary N) is 1. The molecule has 0 saturated heterocycles. The van der Waals surface area contributed by atoms with Gasteiger partial charge in [0.25, 0.3) is 0 Å². The zero-order valence-electron chi connectivity index (χ0n) is 49.4. The SMILES string of the molecule is CCCCCCCC/C=C\CCCCCCCC(=O)OCCCCCCCCCCCCCCCCCCC(=O)NC(CO)C(O)/C=C/CCCCCCCCCCCCCCCCCCCCCCCCC. The highest BCUT2D eigenvalue weighted by atomic mass is 16.5. The largest absolute Gasteiger partial charge is 0.466 e. The van der Waals surface area contributed by atoms with Crippen LogP contribution in [0.15, 0.2) is 24.3 Å². The smallest absolute Gasteiger partial charge is 0.305 e. The van der Waals surface area contributed by atoms with Crippen LogP contribution in [0.2, 0.25) is 0 Å². The molecule has 0 aliphatic heterocycles. The molecule has 6 nitrogen and oxygen atoms in total. The maximum Gasteiger partial charge on any atom is 0.305 e. The Morgan fingerprint density at radius 2 is 0.644 bits per heavy atom. The van der Waals surface area contributed by atoms with E-state index in [-0.39, 0.29) is 18.5 Å². The summed E-state index contributed by atoms with van der Waals surface area (Å²) < 4.78 is 5.48. The summed E-state index contributed by atoms with van der Waals surface area (Å²) in [5.41, 5.74) is 0. The molecule has 0 aromatic carbocycles. The molecule has 1 amide bonds. The molecule has 73 heavy (non-hydrogen) atoms. The van der Waals surface area contributed by atoms with Gasteiger partial charge in [0.05, 0.1) is 25.4 Å². The normalized spacial score (nSPS) is 12.7. The average molecular weight is 1030 g/mol. The first-order chi connectivity index (χ1) is 36.0. The highest BCUT2D eigenvalue weighted by molar-refractivity contribution is 5.76. The van der Waals surface area contributed by atoms with Crippen molar-refractivity contribution in [1.82, 2.24) is 5.32 Å². The molecule has 432 valence electrons. The minimum atomic E-state index is -0.851. The molecule has 0 aromatic heterocycles. The van der Waals surface area contributed by atoms with Crippen molar-refractivity contribution in [2.75, 3.05) is 13.2 Å². The number of hydrogen-bond donors (Lipinski definition) is 3. The van der Waals surface area contributed by atoms with Gasteiger partial charge in [-0.05, 0) is 57.8 Å². The molecule has 0 rings (SSSR count).